The van der Waals surface area contributed by atoms with E-state index in [4.69, 9.17) is 23.8 Å². The highest BCUT2D eigenvalue weighted by atomic mass is 35.5. The number of carbonyl (C=O) groups is 1. The zero-order valence-electron chi connectivity index (χ0n) is 18.8. The van der Waals surface area contributed by atoms with Gasteiger partial charge in [-0.05, 0) is 43.5 Å². The van der Waals surface area contributed by atoms with E-state index in [0.29, 0.717) is 50.8 Å². The lowest BCUT2D eigenvalue weighted by Gasteiger charge is -2.20. The number of carbonyl (C=O) groups excluding carboxylic acids is 1. The SMILES string of the molecule is CCCCn1c(NCc2ccccc2Cl)c(/C=C2/SC(=S)N(CC)C2=O)c(C)c(C#N)c1=O. The largest absolute Gasteiger partial charge is 0.367 e. The van der Waals surface area contributed by atoms with Crippen LogP contribution in [-0.2, 0) is 17.9 Å². The fourth-order valence-corrected chi connectivity index (χ4v) is 5.18. The van der Waals surface area contributed by atoms with Crippen LogP contribution in [0.1, 0.15) is 48.9 Å². The maximum absolute atomic E-state index is 13.2. The molecule has 0 bridgehead atoms. The van der Waals surface area contributed by atoms with E-state index in [1.54, 1.807) is 17.6 Å². The first-order valence-corrected chi connectivity index (χ1v) is 12.3. The first-order chi connectivity index (χ1) is 15.8. The molecule has 1 aromatic carbocycles. The van der Waals surface area contributed by atoms with Gasteiger partial charge in [0.15, 0.2) is 0 Å². The van der Waals surface area contributed by atoms with Gasteiger partial charge < -0.3 is 5.32 Å². The van der Waals surface area contributed by atoms with E-state index in [2.05, 4.69) is 11.4 Å². The number of anilines is 1. The molecule has 0 spiro atoms. The molecular weight excluding hydrogens is 476 g/mol. The number of unbranched alkanes of at least 4 members (excludes halogenated alkanes) is 1. The third kappa shape index (κ3) is 5.16. The first-order valence-electron chi connectivity index (χ1n) is 10.7. The lowest BCUT2D eigenvalue weighted by Crippen LogP contribution is -2.28. The normalized spacial score (nSPS) is 14.8. The van der Waals surface area contributed by atoms with Crippen molar-refractivity contribution in [1.29, 1.82) is 5.26 Å². The van der Waals surface area contributed by atoms with E-state index in [9.17, 15) is 14.9 Å². The van der Waals surface area contributed by atoms with Crippen LogP contribution in [0.2, 0.25) is 5.02 Å². The van der Waals surface area contributed by atoms with Crippen LogP contribution in [0.15, 0.2) is 34.0 Å². The van der Waals surface area contributed by atoms with Gasteiger partial charge in [0, 0.05) is 30.2 Å². The van der Waals surface area contributed by atoms with Crippen LogP contribution in [0.3, 0.4) is 0 Å². The van der Waals surface area contributed by atoms with Gasteiger partial charge in [-0.1, -0.05) is 67.1 Å². The van der Waals surface area contributed by atoms with Gasteiger partial charge in [0.25, 0.3) is 11.5 Å². The second-order valence-electron chi connectivity index (χ2n) is 7.56. The van der Waals surface area contributed by atoms with Crippen LogP contribution in [0.5, 0.6) is 0 Å². The predicted octanol–water partition coefficient (Wildman–Crippen LogP) is 5.32. The number of nitrogens with one attached hydrogen (secondary N) is 1. The molecule has 0 aliphatic carbocycles. The van der Waals surface area contributed by atoms with Gasteiger partial charge in [0.1, 0.15) is 21.8 Å². The van der Waals surface area contributed by atoms with Crippen molar-refractivity contribution in [1.82, 2.24) is 9.47 Å². The highest BCUT2D eigenvalue weighted by molar-refractivity contribution is 8.26. The minimum atomic E-state index is -0.344. The molecule has 2 heterocycles. The number of halogens is 1. The number of rotatable bonds is 8. The average molecular weight is 501 g/mol. The van der Waals surface area contributed by atoms with E-state index >= 15 is 0 Å². The number of thiocarbonyl (C=S) groups is 1. The first kappa shape index (κ1) is 25.0. The second-order valence-corrected chi connectivity index (χ2v) is 9.64. The topological polar surface area (TPSA) is 78.1 Å². The molecule has 172 valence electrons. The van der Waals surface area contributed by atoms with Gasteiger partial charge in [0.05, 0.1) is 4.91 Å². The second kappa shape index (κ2) is 11.0. The summed E-state index contributed by atoms with van der Waals surface area (Å²) in [6, 6.07) is 9.53. The zero-order chi connectivity index (χ0) is 24.1. The summed E-state index contributed by atoms with van der Waals surface area (Å²) in [5, 5.41) is 13.7. The molecule has 3 rings (SSSR count). The Hall–Kier alpha value is -2.60. The van der Waals surface area contributed by atoms with Gasteiger partial charge in [-0.15, -0.1) is 0 Å². The number of nitriles is 1. The van der Waals surface area contributed by atoms with E-state index in [0.717, 1.165) is 18.4 Å². The fourth-order valence-electron chi connectivity index (χ4n) is 3.61. The Bertz CT molecular complexity index is 1230. The summed E-state index contributed by atoms with van der Waals surface area (Å²) >= 11 is 12.9. The van der Waals surface area contributed by atoms with Crippen LogP contribution < -0.4 is 10.9 Å². The van der Waals surface area contributed by atoms with E-state index in [1.165, 1.54) is 16.7 Å². The summed E-state index contributed by atoms with van der Waals surface area (Å²) in [6.45, 7) is 6.96. The monoisotopic (exact) mass is 500 g/mol. The fraction of sp³-hybridized carbons (Fsp3) is 0.333. The molecule has 1 aliphatic heterocycles. The van der Waals surface area contributed by atoms with Gasteiger partial charge >= 0.3 is 0 Å². The summed E-state index contributed by atoms with van der Waals surface area (Å²) in [7, 11) is 0. The number of pyridine rings is 1. The zero-order valence-corrected chi connectivity index (χ0v) is 21.2. The maximum atomic E-state index is 13.2. The molecule has 1 fully saturated rings. The molecule has 1 aromatic heterocycles. The molecule has 0 atom stereocenters. The Morgan fingerprint density at radius 2 is 2.00 bits per heavy atom. The van der Waals surface area contributed by atoms with Crippen molar-refractivity contribution < 1.29 is 4.79 Å². The number of hydrogen-bond donors (Lipinski definition) is 1. The number of thioether (sulfide) groups is 1. The van der Waals surface area contributed by atoms with Crippen molar-refractivity contribution in [2.75, 3.05) is 11.9 Å². The molecule has 2 aromatic rings. The van der Waals surface area contributed by atoms with Crippen molar-refractivity contribution in [3.63, 3.8) is 0 Å². The van der Waals surface area contributed by atoms with E-state index in [-0.39, 0.29) is 17.0 Å². The predicted molar refractivity (Wildman–Crippen MR) is 139 cm³/mol. The Kier molecular flexibility index (Phi) is 8.35. The minimum absolute atomic E-state index is 0.0756. The minimum Gasteiger partial charge on any atom is -0.367 e. The molecule has 1 saturated heterocycles. The Morgan fingerprint density at radius 1 is 1.27 bits per heavy atom. The Balaban J connectivity index is 2.19. The average Bonchev–Trinajstić information content (AvgIpc) is 3.07. The quantitative estimate of drug-likeness (QED) is 0.390. The van der Waals surface area contributed by atoms with Crippen LogP contribution >= 0.6 is 35.6 Å². The molecule has 0 saturated carbocycles. The van der Waals surface area contributed by atoms with E-state index < -0.39 is 0 Å². The molecule has 0 radical (unpaired) electrons. The smallest absolute Gasteiger partial charge is 0.270 e. The number of hydrogen-bond acceptors (Lipinski definition) is 6. The van der Waals surface area contributed by atoms with Crippen molar-refractivity contribution in [3.05, 3.63) is 66.8 Å². The van der Waals surface area contributed by atoms with Gasteiger partial charge in [-0.25, -0.2) is 0 Å². The van der Waals surface area contributed by atoms with Crippen molar-refractivity contribution >= 4 is 57.7 Å². The standard InChI is InChI=1S/C24H25ClN4O2S2/c1-4-6-11-29-21(27-14-16-9-7-8-10-19(16)25)17(15(3)18(13-26)22(29)30)12-20-23(31)28(5-2)24(32)33-20/h7-10,12,27H,4-6,11,14H2,1-3H3/b20-12+. The highest BCUT2D eigenvalue weighted by Crippen LogP contribution is 2.35. The molecule has 1 amide bonds. The van der Waals surface area contributed by atoms with Crippen molar-refractivity contribution in [3.8, 4) is 6.07 Å². The van der Waals surface area contributed by atoms with Crippen molar-refractivity contribution in [2.24, 2.45) is 0 Å². The number of likely N-dealkylation sites (N-methyl/N-ethyl adjacent to an activating group) is 1. The highest BCUT2D eigenvalue weighted by Gasteiger charge is 2.31. The molecule has 0 unspecified atom stereocenters. The summed E-state index contributed by atoms with van der Waals surface area (Å²) in [5.74, 6) is 0.389. The Morgan fingerprint density at radius 3 is 2.61 bits per heavy atom. The van der Waals surface area contributed by atoms with Crippen LogP contribution in [-0.4, -0.2) is 26.2 Å². The van der Waals surface area contributed by atoms with Crippen molar-refractivity contribution in [2.45, 2.75) is 46.7 Å². The Labute approximate surface area is 208 Å². The molecule has 6 nitrogen and oxygen atoms in total. The summed E-state index contributed by atoms with van der Waals surface area (Å²) in [4.78, 5) is 28.0. The molecule has 1 aliphatic rings. The van der Waals surface area contributed by atoms with Crippen LogP contribution in [0.4, 0.5) is 5.82 Å². The number of benzene rings is 1. The summed E-state index contributed by atoms with van der Waals surface area (Å²) in [6.07, 6.45) is 3.39. The van der Waals surface area contributed by atoms with Crippen LogP contribution in [0, 0.1) is 18.3 Å². The molecule has 33 heavy (non-hydrogen) atoms. The lowest BCUT2D eigenvalue weighted by molar-refractivity contribution is -0.121. The molecule has 9 heteroatoms. The molecule has 1 N–H and O–H groups in total. The lowest BCUT2D eigenvalue weighted by atomic mass is 10.0. The molecular formula is C24H25ClN4O2S2. The third-order valence-corrected chi connectivity index (χ3v) is 7.23. The number of aromatic nitrogens is 1. The van der Waals surface area contributed by atoms with Gasteiger partial charge in [0.2, 0.25) is 0 Å². The summed E-state index contributed by atoms with van der Waals surface area (Å²) < 4.78 is 2.09. The number of nitrogens with zero attached hydrogens (tertiary/aromatic N) is 3. The van der Waals surface area contributed by atoms with Crippen LogP contribution in [0.25, 0.3) is 6.08 Å². The van der Waals surface area contributed by atoms with Gasteiger partial charge in [-0.2, -0.15) is 5.26 Å². The van der Waals surface area contributed by atoms with E-state index in [1.807, 2.05) is 38.1 Å². The summed E-state index contributed by atoms with van der Waals surface area (Å²) in [5.41, 5.74) is 1.76. The maximum Gasteiger partial charge on any atom is 0.270 e. The third-order valence-electron chi connectivity index (χ3n) is 5.48. The van der Waals surface area contributed by atoms with Gasteiger partial charge in [-0.3, -0.25) is 19.1 Å². The number of amides is 1.